The molecule has 9 aromatic rings. The number of ether oxygens (including phenoxy) is 3. The van der Waals surface area contributed by atoms with Gasteiger partial charge in [-0.05, 0) is 142 Å². The summed E-state index contributed by atoms with van der Waals surface area (Å²) in [4.78, 5) is 46.9. The largest absolute Gasteiger partial charge is 0.573 e. The van der Waals surface area contributed by atoms with Crippen LogP contribution in [-0.2, 0) is 16.6 Å². The number of pyridine rings is 3. The van der Waals surface area contributed by atoms with Crippen molar-refractivity contribution in [3.05, 3.63) is 249 Å². The van der Waals surface area contributed by atoms with Crippen molar-refractivity contribution in [3.63, 3.8) is 0 Å². The summed E-state index contributed by atoms with van der Waals surface area (Å²) in [7, 11) is 0. The van der Waals surface area contributed by atoms with Gasteiger partial charge in [0, 0.05) is 102 Å². The van der Waals surface area contributed by atoms with Crippen LogP contribution in [0, 0.1) is 0 Å². The minimum Gasteiger partial charge on any atom is -0.406 e. The second-order valence-electron chi connectivity index (χ2n) is 23.8. The maximum atomic E-state index is 12.7. The number of hydrogen-bond acceptors (Lipinski definition) is 18. The summed E-state index contributed by atoms with van der Waals surface area (Å²) in [5.74, 6) is 1.90. The number of alkyl halides is 9. The molecule has 0 saturated carbocycles. The van der Waals surface area contributed by atoms with Crippen molar-refractivity contribution in [1.82, 2.24) is 29.7 Å². The molecule has 525 valence electrons. The van der Waals surface area contributed by atoms with E-state index < -0.39 is 35.7 Å². The van der Waals surface area contributed by atoms with Crippen molar-refractivity contribution >= 4 is 78.6 Å². The quantitative estimate of drug-likeness (QED) is 0.0766. The monoisotopic (exact) mass is 1470 g/mol. The molecule has 0 amide bonds. The van der Waals surface area contributed by atoms with E-state index in [1.165, 1.54) is 36.4 Å². The Morgan fingerprint density at radius 3 is 0.845 bits per heavy atom. The van der Waals surface area contributed by atoms with Crippen molar-refractivity contribution in [3.8, 4) is 50.6 Å². The molecule has 6 aliphatic heterocycles. The number of nitrogens with zero attached hydrogens (tertiary/aromatic N) is 12. The van der Waals surface area contributed by atoms with Gasteiger partial charge in [0.2, 0.25) is 0 Å². The molecule has 0 fully saturated rings. The second kappa shape index (κ2) is 29.0. The molecule has 103 heavy (non-hydrogen) atoms. The van der Waals surface area contributed by atoms with Crippen LogP contribution in [0.3, 0.4) is 0 Å². The Morgan fingerprint density at radius 2 is 0.602 bits per heavy atom. The lowest BCUT2D eigenvalue weighted by Crippen LogP contribution is -2.46. The lowest BCUT2D eigenvalue weighted by atomic mass is 9.81. The zero-order chi connectivity index (χ0) is 71.8. The van der Waals surface area contributed by atoms with Crippen molar-refractivity contribution in [2.24, 2.45) is 47.2 Å². The molecule has 9 heterocycles. The fourth-order valence-corrected chi connectivity index (χ4v) is 13.6. The van der Waals surface area contributed by atoms with Crippen LogP contribution >= 0.6 is 34.8 Å². The standard InChI is InChI=1S/3C24H19ClF3N5O.B/c3*25-19-12-16(13-30-14-19)15-3-1-4-18(11-15)23(21-31-9-2-10-33(21)22(29)32-23)17-5-7-20(8-6-17)34-24(26,27)28;/h3*1,3-8,11-14H,2,9-10H2,(H2,29,32);/t2*23-;;/m10../s1. The average Bonchev–Trinajstić information content (AvgIpc) is 1.63. The third kappa shape index (κ3) is 15.0. The van der Waals surface area contributed by atoms with Gasteiger partial charge in [0.15, 0.2) is 34.5 Å². The highest BCUT2D eigenvalue weighted by Gasteiger charge is 2.52. The predicted octanol–water partition coefficient (Wildman–Crippen LogP) is 14.5. The SMILES string of the molecule is NC1=NC(c2ccc(OC(F)(F)F)cc2)(c2cccc(-c3cncc(Cl)c3)c2)C2=NCCCN12.NC1=N[C@@](c2ccc(OC(F)(F)F)cc2)(c2cccc(-c3cncc(Cl)c3)c2)C2=NCCCN12.NC1=N[C@](c2ccc(OC(F)(F)F)cc2)(c2cccc(-c3cncc(Cl)c3)c2)C2=NCCCN12.[B]. The summed E-state index contributed by atoms with van der Waals surface area (Å²) >= 11 is 18.4. The van der Waals surface area contributed by atoms with Crippen molar-refractivity contribution < 1.29 is 53.7 Å². The summed E-state index contributed by atoms with van der Waals surface area (Å²) < 4.78 is 126. The lowest BCUT2D eigenvalue weighted by molar-refractivity contribution is -0.275. The Balaban J connectivity index is 0.000000145. The number of rotatable bonds is 12. The van der Waals surface area contributed by atoms with E-state index in [-0.39, 0.29) is 25.7 Å². The van der Waals surface area contributed by atoms with Gasteiger partial charge in [-0.15, -0.1) is 39.5 Å². The van der Waals surface area contributed by atoms with Crippen LogP contribution in [0.15, 0.2) is 231 Å². The van der Waals surface area contributed by atoms with Crippen LogP contribution in [0.4, 0.5) is 39.5 Å². The van der Waals surface area contributed by atoms with Crippen LogP contribution in [0.1, 0.15) is 52.6 Å². The Bertz CT molecular complexity index is 4360. The van der Waals surface area contributed by atoms with Gasteiger partial charge in [-0.1, -0.05) is 126 Å². The molecule has 0 bridgehead atoms. The van der Waals surface area contributed by atoms with E-state index in [2.05, 4.69) is 29.2 Å². The molecule has 6 N–H and O–H groups in total. The Hall–Kier alpha value is -10.7. The van der Waals surface area contributed by atoms with Crippen LogP contribution in [0.2, 0.25) is 15.1 Å². The summed E-state index contributed by atoms with van der Waals surface area (Å²) in [6.07, 6.45) is -2.09. The molecular weight excluding hydrogens is 1410 g/mol. The number of benzene rings is 6. The van der Waals surface area contributed by atoms with Crippen molar-refractivity contribution in [2.45, 2.75) is 55.0 Å². The van der Waals surface area contributed by atoms with Crippen molar-refractivity contribution in [2.75, 3.05) is 39.3 Å². The Morgan fingerprint density at radius 1 is 0.340 bits per heavy atom. The number of aromatic nitrogens is 3. The predicted molar refractivity (Wildman–Crippen MR) is 377 cm³/mol. The summed E-state index contributed by atoms with van der Waals surface area (Å²) in [5.41, 5.74) is 24.7. The van der Waals surface area contributed by atoms with Gasteiger partial charge < -0.3 is 31.4 Å². The normalized spacial score (nSPS) is 19.7. The van der Waals surface area contributed by atoms with Gasteiger partial charge >= 0.3 is 19.1 Å². The fraction of sp³-hybridized carbons (Fsp3) is 0.208. The summed E-state index contributed by atoms with van der Waals surface area (Å²) in [6, 6.07) is 45.4. The molecule has 0 saturated heterocycles. The first-order valence-electron chi connectivity index (χ1n) is 31.6. The molecular formula is C72H57BCl3F9N15O3. The number of nitrogens with two attached hydrogens (primary N) is 3. The van der Waals surface area contributed by atoms with E-state index in [1.807, 2.05) is 87.5 Å². The molecule has 1 unspecified atom stereocenters. The number of hydrogen-bond donors (Lipinski definition) is 3. The maximum Gasteiger partial charge on any atom is 0.573 e. The number of guanidine groups is 3. The molecule has 0 spiro atoms. The third-order valence-corrected chi connectivity index (χ3v) is 17.9. The number of amidine groups is 3. The van der Waals surface area contributed by atoms with Gasteiger partial charge in [-0.3, -0.25) is 44.6 Å². The zero-order valence-corrected chi connectivity index (χ0v) is 56.1. The van der Waals surface area contributed by atoms with Gasteiger partial charge in [-0.2, -0.15) is 0 Å². The topological polar surface area (TPSA) is 228 Å². The molecule has 3 atom stereocenters. The molecule has 6 aliphatic rings. The van der Waals surface area contributed by atoms with E-state index in [0.29, 0.717) is 106 Å². The molecule has 3 radical (unpaired) electrons. The molecule has 3 aromatic heterocycles. The minimum absolute atomic E-state index is 0. The number of halogens is 12. The van der Waals surface area contributed by atoms with E-state index in [4.69, 9.17) is 82.0 Å². The summed E-state index contributed by atoms with van der Waals surface area (Å²) in [6.45, 7) is 3.77. The van der Waals surface area contributed by atoms with Gasteiger partial charge in [0.05, 0.1) is 15.1 Å². The molecule has 6 aromatic carbocycles. The number of aliphatic imine (C=N–C) groups is 6. The van der Waals surface area contributed by atoms with E-state index in [0.717, 1.165) is 69.3 Å². The van der Waals surface area contributed by atoms with E-state index in [1.54, 1.807) is 91.8 Å². The first-order chi connectivity index (χ1) is 48.8. The molecule has 31 heteroatoms. The minimum atomic E-state index is -4.78. The van der Waals surface area contributed by atoms with Gasteiger partial charge in [0.25, 0.3) is 0 Å². The van der Waals surface area contributed by atoms with Crippen LogP contribution in [0.5, 0.6) is 17.2 Å². The molecule has 18 nitrogen and oxygen atoms in total. The van der Waals surface area contributed by atoms with Crippen LogP contribution in [0.25, 0.3) is 33.4 Å². The zero-order valence-electron chi connectivity index (χ0n) is 53.9. The first-order valence-corrected chi connectivity index (χ1v) is 32.7. The average molecular weight is 1470 g/mol. The van der Waals surface area contributed by atoms with Gasteiger partial charge in [-0.25, -0.2) is 15.0 Å². The third-order valence-electron chi connectivity index (χ3n) is 17.3. The fourth-order valence-electron chi connectivity index (χ4n) is 13.1. The lowest BCUT2D eigenvalue weighted by Gasteiger charge is -2.33. The highest BCUT2D eigenvalue weighted by atomic mass is 35.5. The second-order valence-corrected chi connectivity index (χ2v) is 25.1. The molecule has 15 rings (SSSR count). The van der Waals surface area contributed by atoms with E-state index >= 15 is 0 Å². The van der Waals surface area contributed by atoms with E-state index in [9.17, 15) is 39.5 Å². The Kier molecular flexibility index (Phi) is 20.3. The maximum absolute atomic E-state index is 12.7. The Labute approximate surface area is 600 Å². The summed E-state index contributed by atoms with van der Waals surface area (Å²) in [5, 5.41) is 1.51. The highest BCUT2D eigenvalue weighted by molar-refractivity contribution is 6.31. The first kappa shape index (κ1) is 72.1. The van der Waals surface area contributed by atoms with Crippen LogP contribution < -0.4 is 31.4 Å². The molecule has 0 aliphatic carbocycles. The smallest absolute Gasteiger partial charge is 0.406 e. The van der Waals surface area contributed by atoms with Crippen LogP contribution in [-0.4, -0.2) is 132 Å². The van der Waals surface area contributed by atoms with Gasteiger partial charge in [0.1, 0.15) is 34.8 Å². The highest BCUT2D eigenvalue weighted by Crippen LogP contribution is 2.47. The van der Waals surface area contributed by atoms with Crippen molar-refractivity contribution in [1.29, 1.82) is 0 Å². The number of fused-ring (bicyclic) bond motifs is 3.